The van der Waals surface area contributed by atoms with Crippen molar-refractivity contribution in [2.75, 3.05) is 0 Å². The maximum atomic E-state index is 12.9. The molecule has 2 amide bonds. The van der Waals surface area contributed by atoms with Gasteiger partial charge in [0.1, 0.15) is 12.4 Å². The first-order valence-corrected chi connectivity index (χ1v) is 8.95. The lowest BCUT2D eigenvalue weighted by molar-refractivity contribution is -0.121. The van der Waals surface area contributed by atoms with Crippen molar-refractivity contribution in [3.05, 3.63) is 69.9 Å². The summed E-state index contributed by atoms with van der Waals surface area (Å²) in [5.74, 6) is -0.444. The molecule has 0 spiro atoms. The molecule has 1 aliphatic rings. The van der Waals surface area contributed by atoms with Gasteiger partial charge in [-0.25, -0.2) is 4.39 Å². The summed E-state index contributed by atoms with van der Waals surface area (Å²) in [5, 5.41) is 5.60. The Hall–Kier alpha value is -2.96. The first kappa shape index (κ1) is 18.8. The molecule has 0 bridgehead atoms. The number of halogens is 1. The number of pyridine rings is 1. The van der Waals surface area contributed by atoms with E-state index in [1.54, 1.807) is 12.1 Å². The second-order valence-electron chi connectivity index (χ2n) is 6.89. The van der Waals surface area contributed by atoms with Gasteiger partial charge >= 0.3 is 0 Å². The molecule has 1 atom stereocenters. The molecule has 0 unspecified atom stereocenters. The van der Waals surface area contributed by atoms with Crippen molar-refractivity contribution in [2.24, 2.45) is 5.92 Å². The largest absolute Gasteiger partial charge is 0.350 e. The number of nitrogens with zero attached hydrogens (tertiary/aromatic N) is 1. The third-order valence-electron chi connectivity index (χ3n) is 4.65. The summed E-state index contributed by atoms with van der Waals surface area (Å²) in [4.78, 5) is 36.4. The number of carbonyl (C=O) groups excluding carboxylic acids is 2. The van der Waals surface area contributed by atoms with Gasteiger partial charge in [0, 0.05) is 24.8 Å². The molecular weight excluding hydrogens is 349 g/mol. The van der Waals surface area contributed by atoms with Crippen LogP contribution in [0.5, 0.6) is 0 Å². The highest BCUT2D eigenvalue weighted by molar-refractivity contribution is 5.94. The zero-order chi connectivity index (χ0) is 19.4. The van der Waals surface area contributed by atoms with Crippen molar-refractivity contribution in [1.82, 2.24) is 15.2 Å². The number of carbonyl (C=O) groups is 2. The van der Waals surface area contributed by atoms with Crippen LogP contribution < -0.4 is 16.2 Å². The van der Waals surface area contributed by atoms with E-state index in [1.165, 1.54) is 35.0 Å². The highest BCUT2D eigenvalue weighted by atomic mass is 19.1. The molecule has 0 radical (unpaired) electrons. The lowest BCUT2D eigenvalue weighted by Gasteiger charge is -2.14. The molecule has 7 heteroatoms. The molecule has 1 aromatic carbocycles. The predicted molar refractivity (Wildman–Crippen MR) is 98.6 cm³/mol. The van der Waals surface area contributed by atoms with E-state index in [0.29, 0.717) is 11.5 Å². The first-order valence-electron chi connectivity index (χ1n) is 8.95. The van der Waals surface area contributed by atoms with Crippen molar-refractivity contribution in [3.63, 3.8) is 0 Å². The quantitative estimate of drug-likeness (QED) is 0.779. The lowest BCUT2D eigenvalue weighted by atomic mass is 10.2. The Morgan fingerprint density at radius 2 is 1.89 bits per heavy atom. The molecular formula is C20H22FN3O3. The van der Waals surface area contributed by atoms with Gasteiger partial charge in [0.05, 0.1) is 5.56 Å². The topological polar surface area (TPSA) is 80.2 Å². The van der Waals surface area contributed by atoms with Gasteiger partial charge in [-0.2, -0.15) is 0 Å². The molecule has 3 rings (SSSR count). The van der Waals surface area contributed by atoms with E-state index in [2.05, 4.69) is 10.6 Å². The monoisotopic (exact) mass is 371 g/mol. The van der Waals surface area contributed by atoms with Gasteiger partial charge in [0.2, 0.25) is 5.91 Å². The number of hydrogen-bond donors (Lipinski definition) is 2. The van der Waals surface area contributed by atoms with Gasteiger partial charge in [0.25, 0.3) is 11.5 Å². The van der Waals surface area contributed by atoms with Crippen molar-refractivity contribution < 1.29 is 14.0 Å². The zero-order valence-electron chi connectivity index (χ0n) is 15.1. The highest BCUT2D eigenvalue weighted by Crippen LogP contribution is 2.32. The van der Waals surface area contributed by atoms with Crippen molar-refractivity contribution in [2.45, 2.75) is 38.9 Å². The normalized spacial score (nSPS) is 14.4. The second-order valence-corrected chi connectivity index (χ2v) is 6.89. The molecule has 0 saturated heterocycles. The SMILES string of the molecule is C[C@H](NC(=O)c1ccc(=O)n(CC(=O)NCc2ccc(F)cc2)c1)C1CC1. The molecule has 1 aliphatic carbocycles. The Morgan fingerprint density at radius 3 is 2.56 bits per heavy atom. The van der Waals surface area contributed by atoms with Crippen LogP contribution in [0.25, 0.3) is 0 Å². The van der Waals surface area contributed by atoms with Crippen LogP contribution in [0.15, 0.2) is 47.4 Å². The fourth-order valence-electron chi connectivity index (χ4n) is 2.81. The van der Waals surface area contributed by atoms with Crippen LogP contribution in [0.1, 0.15) is 35.7 Å². The van der Waals surface area contributed by atoms with E-state index in [-0.39, 0.29) is 42.3 Å². The van der Waals surface area contributed by atoms with Crippen molar-refractivity contribution in [3.8, 4) is 0 Å². The van der Waals surface area contributed by atoms with E-state index in [1.807, 2.05) is 6.92 Å². The molecule has 1 fully saturated rings. The molecule has 0 aliphatic heterocycles. The summed E-state index contributed by atoms with van der Waals surface area (Å²) >= 11 is 0. The van der Waals surface area contributed by atoms with E-state index in [4.69, 9.17) is 0 Å². The fraction of sp³-hybridized carbons (Fsp3) is 0.350. The Bertz CT molecular complexity index is 888. The smallest absolute Gasteiger partial charge is 0.252 e. The summed E-state index contributed by atoms with van der Waals surface area (Å²) in [7, 11) is 0. The minimum atomic E-state index is -0.370. The van der Waals surface area contributed by atoms with Crippen LogP contribution in [0.3, 0.4) is 0 Å². The number of benzene rings is 1. The van der Waals surface area contributed by atoms with E-state index in [9.17, 15) is 18.8 Å². The number of rotatable bonds is 7. The van der Waals surface area contributed by atoms with Crippen LogP contribution in [-0.4, -0.2) is 22.4 Å². The van der Waals surface area contributed by atoms with Gasteiger partial charge < -0.3 is 15.2 Å². The Labute approximate surface area is 156 Å². The minimum absolute atomic E-state index is 0.0943. The molecule has 27 heavy (non-hydrogen) atoms. The molecule has 2 N–H and O–H groups in total. The summed E-state index contributed by atoms with van der Waals surface area (Å²) in [6, 6.07) is 8.63. The van der Waals surface area contributed by atoms with E-state index in [0.717, 1.165) is 18.4 Å². The molecule has 2 aromatic rings. The lowest BCUT2D eigenvalue weighted by Crippen LogP contribution is -2.36. The Kier molecular flexibility index (Phi) is 5.69. The molecule has 142 valence electrons. The molecule has 1 aromatic heterocycles. The maximum Gasteiger partial charge on any atom is 0.252 e. The summed E-state index contributed by atoms with van der Waals surface area (Å²) in [6.45, 7) is 2.00. The number of hydrogen-bond acceptors (Lipinski definition) is 3. The predicted octanol–water partition coefficient (Wildman–Crippen LogP) is 1.83. The molecule has 1 heterocycles. The van der Waals surface area contributed by atoms with Gasteiger partial charge in [-0.15, -0.1) is 0 Å². The van der Waals surface area contributed by atoms with Crippen LogP contribution in [-0.2, 0) is 17.9 Å². The molecule has 1 saturated carbocycles. The number of nitrogens with one attached hydrogen (secondary N) is 2. The zero-order valence-corrected chi connectivity index (χ0v) is 15.1. The highest BCUT2D eigenvalue weighted by Gasteiger charge is 2.29. The van der Waals surface area contributed by atoms with Gasteiger partial charge in [0.15, 0.2) is 0 Å². The molecule has 6 nitrogen and oxygen atoms in total. The van der Waals surface area contributed by atoms with Crippen LogP contribution in [0, 0.1) is 11.7 Å². The standard InChI is InChI=1S/C20H22FN3O3/c1-13(15-4-5-15)23-20(27)16-6-9-19(26)24(11-16)12-18(25)22-10-14-2-7-17(21)8-3-14/h2-3,6-9,11,13,15H,4-5,10,12H2,1H3,(H,22,25)(H,23,27)/t13-/m0/s1. The van der Waals surface area contributed by atoms with E-state index >= 15 is 0 Å². The van der Waals surface area contributed by atoms with E-state index < -0.39 is 0 Å². The van der Waals surface area contributed by atoms with Crippen LogP contribution in [0.4, 0.5) is 4.39 Å². The van der Waals surface area contributed by atoms with Crippen LogP contribution >= 0.6 is 0 Å². The van der Waals surface area contributed by atoms with Gasteiger partial charge in [-0.3, -0.25) is 14.4 Å². The van der Waals surface area contributed by atoms with Crippen molar-refractivity contribution >= 4 is 11.8 Å². The van der Waals surface area contributed by atoms with Crippen molar-refractivity contribution in [1.29, 1.82) is 0 Å². The Morgan fingerprint density at radius 1 is 1.19 bits per heavy atom. The Balaban J connectivity index is 1.59. The second kappa shape index (κ2) is 8.16. The third-order valence-corrected chi connectivity index (χ3v) is 4.65. The van der Waals surface area contributed by atoms with Crippen LogP contribution in [0.2, 0.25) is 0 Å². The summed E-state index contributed by atoms with van der Waals surface area (Å²) in [6.07, 6.45) is 3.64. The first-order chi connectivity index (χ1) is 12.9. The number of amides is 2. The average Bonchev–Trinajstić information content (AvgIpc) is 3.48. The fourth-order valence-corrected chi connectivity index (χ4v) is 2.81. The summed E-state index contributed by atoms with van der Waals surface area (Å²) < 4.78 is 14.1. The number of aromatic nitrogens is 1. The van der Waals surface area contributed by atoms with Gasteiger partial charge in [-0.05, 0) is 49.4 Å². The van der Waals surface area contributed by atoms with Gasteiger partial charge in [-0.1, -0.05) is 12.1 Å². The third kappa shape index (κ3) is 5.26. The average molecular weight is 371 g/mol. The maximum absolute atomic E-state index is 12.9. The summed E-state index contributed by atoms with van der Waals surface area (Å²) in [5.41, 5.74) is 0.728. The minimum Gasteiger partial charge on any atom is -0.350 e.